The largest absolute Gasteiger partial charge is 0.507 e. The highest BCUT2D eigenvalue weighted by molar-refractivity contribution is 5.53. The topological polar surface area (TPSA) is 40.5 Å². The molecular formula is C23H32O2. The fourth-order valence-corrected chi connectivity index (χ4v) is 3.93. The van der Waals surface area contributed by atoms with Gasteiger partial charge in [-0.2, -0.15) is 0 Å². The molecule has 0 aliphatic carbocycles. The van der Waals surface area contributed by atoms with E-state index in [1.807, 2.05) is 26.0 Å². The molecule has 0 fully saturated rings. The van der Waals surface area contributed by atoms with Crippen molar-refractivity contribution >= 4 is 0 Å². The van der Waals surface area contributed by atoms with Crippen molar-refractivity contribution in [2.45, 2.75) is 66.7 Å². The van der Waals surface area contributed by atoms with Gasteiger partial charge in [0.25, 0.3) is 0 Å². The molecule has 0 heterocycles. The maximum absolute atomic E-state index is 10.8. The highest BCUT2D eigenvalue weighted by atomic mass is 16.3. The molecule has 0 bridgehead atoms. The van der Waals surface area contributed by atoms with Crippen molar-refractivity contribution in [1.82, 2.24) is 0 Å². The predicted octanol–water partition coefficient (Wildman–Crippen LogP) is 6.29. The van der Waals surface area contributed by atoms with Gasteiger partial charge in [-0.3, -0.25) is 0 Å². The van der Waals surface area contributed by atoms with Crippen molar-refractivity contribution in [2.75, 3.05) is 0 Å². The molecule has 0 spiro atoms. The summed E-state index contributed by atoms with van der Waals surface area (Å²) in [6.45, 7) is 12.4. The standard InChI is InChI=1S/C23H32O2/c1-7-8-9-16(4)21(19-12-14(2)10-17(5)22(19)24)20-13-15(3)11-18(6)23(20)25/h10-13,16,21,24-25H,7-9H2,1-6H3. The molecule has 2 aromatic carbocycles. The van der Waals surface area contributed by atoms with E-state index in [0.29, 0.717) is 17.4 Å². The van der Waals surface area contributed by atoms with E-state index in [1.54, 1.807) is 0 Å². The van der Waals surface area contributed by atoms with E-state index in [-0.39, 0.29) is 5.92 Å². The molecule has 0 aliphatic rings. The van der Waals surface area contributed by atoms with Crippen molar-refractivity contribution < 1.29 is 10.2 Å². The molecule has 1 unspecified atom stereocenters. The van der Waals surface area contributed by atoms with Gasteiger partial charge < -0.3 is 10.2 Å². The molecule has 0 amide bonds. The van der Waals surface area contributed by atoms with Gasteiger partial charge in [0.15, 0.2) is 0 Å². The summed E-state index contributed by atoms with van der Waals surface area (Å²) >= 11 is 0. The highest BCUT2D eigenvalue weighted by Crippen LogP contribution is 2.44. The van der Waals surface area contributed by atoms with Crippen molar-refractivity contribution in [3.05, 3.63) is 57.6 Å². The Morgan fingerprint density at radius 3 is 1.64 bits per heavy atom. The Morgan fingerprint density at radius 1 is 0.800 bits per heavy atom. The van der Waals surface area contributed by atoms with Crippen LogP contribution in [-0.2, 0) is 0 Å². The van der Waals surface area contributed by atoms with Crippen LogP contribution in [0, 0.1) is 33.6 Å². The maximum atomic E-state index is 10.8. The monoisotopic (exact) mass is 340 g/mol. The Bertz CT molecular complexity index is 689. The number of rotatable bonds is 6. The Balaban J connectivity index is 2.67. The van der Waals surface area contributed by atoms with Gasteiger partial charge in [-0.15, -0.1) is 0 Å². The zero-order valence-electron chi connectivity index (χ0n) is 16.5. The number of unbranched alkanes of at least 4 members (excludes halogenated alkanes) is 1. The van der Waals surface area contributed by atoms with Crippen LogP contribution >= 0.6 is 0 Å². The number of aromatic hydroxyl groups is 2. The molecule has 2 heteroatoms. The lowest BCUT2D eigenvalue weighted by Gasteiger charge is -2.28. The van der Waals surface area contributed by atoms with Gasteiger partial charge in [0, 0.05) is 17.0 Å². The van der Waals surface area contributed by atoms with Gasteiger partial charge in [0.1, 0.15) is 11.5 Å². The van der Waals surface area contributed by atoms with Crippen LogP contribution in [-0.4, -0.2) is 10.2 Å². The first kappa shape index (κ1) is 19.4. The van der Waals surface area contributed by atoms with Crippen LogP contribution in [0.3, 0.4) is 0 Å². The SMILES string of the molecule is CCCCC(C)C(c1cc(C)cc(C)c1O)c1cc(C)cc(C)c1O. The molecule has 0 aliphatic heterocycles. The van der Waals surface area contributed by atoms with E-state index in [2.05, 4.69) is 39.8 Å². The number of hydrogen-bond donors (Lipinski definition) is 2. The Morgan fingerprint density at radius 2 is 1.24 bits per heavy atom. The summed E-state index contributed by atoms with van der Waals surface area (Å²) in [7, 11) is 0. The lowest BCUT2D eigenvalue weighted by Crippen LogP contribution is -2.13. The van der Waals surface area contributed by atoms with Crippen LogP contribution in [0.1, 0.15) is 72.4 Å². The lowest BCUT2D eigenvalue weighted by atomic mass is 9.77. The molecule has 0 radical (unpaired) electrons. The average Bonchev–Trinajstić information content (AvgIpc) is 2.54. The lowest BCUT2D eigenvalue weighted by molar-refractivity contribution is 0.405. The van der Waals surface area contributed by atoms with E-state index in [0.717, 1.165) is 52.6 Å². The van der Waals surface area contributed by atoms with Crippen molar-refractivity contribution in [3.8, 4) is 11.5 Å². The van der Waals surface area contributed by atoms with Crippen LogP contribution in [0.4, 0.5) is 0 Å². The van der Waals surface area contributed by atoms with Crippen molar-refractivity contribution in [2.24, 2.45) is 5.92 Å². The minimum absolute atomic E-state index is 0.0104. The Hall–Kier alpha value is -1.96. The summed E-state index contributed by atoms with van der Waals surface area (Å²) in [5.41, 5.74) is 5.93. The molecule has 136 valence electrons. The second-order valence-corrected chi connectivity index (χ2v) is 7.64. The van der Waals surface area contributed by atoms with Gasteiger partial charge in [-0.05, 0) is 51.2 Å². The molecule has 2 nitrogen and oxygen atoms in total. The average molecular weight is 341 g/mol. The maximum Gasteiger partial charge on any atom is 0.122 e. The quantitative estimate of drug-likeness (QED) is 0.648. The van der Waals surface area contributed by atoms with Crippen LogP contribution < -0.4 is 0 Å². The van der Waals surface area contributed by atoms with E-state index < -0.39 is 0 Å². The number of benzene rings is 2. The highest BCUT2D eigenvalue weighted by Gasteiger charge is 2.28. The smallest absolute Gasteiger partial charge is 0.122 e. The Labute approximate surface area is 152 Å². The van der Waals surface area contributed by atoms with Gasteiger partial charge in [0.05, 0.1) is 0 Å². The fraction of sp³-hybridized carbons (Fsp3) is 0.478. The summed E-state index contributed by atoms with van der Waals surface area (Å²) in [6.07, 6.45) is 3.36. The summed E-state index contributed by atoms with van der Waals surface area (Å²) in [5, 5.41) is 21.6. The van der Waals surface area contributed by atoms with Crippen molar-refractivity contribution in [3.63, 3.8) is 0 Å². The third-order valence-electron chi connectivity index (χ3n) is 5.20. The molecule has 2 aromatic rings. The van der Waals surface area contributed by atoms with Gasteiger partial charge in [-0.25, -0.2) is 0 Å². The van der Waals surface area contributed by atoms with Gasteiger partial charge >= 0.3 is 0 Å². The molecule has 0 saturated carbocycles. The second kappa shape index (κ2) is 7.95. The van der Waals surface area contributed by atoms with Crippen LogP contribution in [0.25, 0.3) is 0 Å². The minimum Gasteiger partial charge on any atom is -0.507 e. The number of hydrogen-bond acceptors (Lipinski definition) is 2. The third-order valence-corrected chi connectivity index (χ3v) is 5.20. The molecule has 2 N–H and O–H groups in total. The van der Waals surface area contributed by atoms with Crippen molar-refractivity contribution in [1.29, 1.82) is 0 Å². The Kier molecular flexibility index (Phi) is 6.16. The number of phenols is 2. The first-order valence-electron chi connectivity index (χ1n) is 9.36. The summed E-state index contributed by atoms with van der Waals surface area (Å²) in [4.78, 5) is 0. The predicted molar refractivity (Wildman–Crippen MR) is 106 cm³/mol. The van der Waals surface area contributed by atoms with E-state index in [4.69, 9.17) is 0 Å². The summed E-state index contributed by atoms with van der Waals surface area (Å²) in [6, 6.07) is 8.17. The van der Waals surface area contributed by atoms with Crippen LogP contribution in [0.15, 0.2) is 24.3 Å². The summed E-state index contributed by atoms with van der Waals surface area (Å²) in [5.74, 6) is 1.04. The van der Waals surface area contributed by atoms with Gasteiger partial charge in [0.2, 0.25) is 0 Å². The molecule has 0 aromatic heterocycles. The number of aryl methyl sites for hydroxylation is 4. The van der Waals surface area contributed by atoms with Crippen LogP contribution in [0.5, 0.6) is 11.5 Å². The van der Waals surface area contributed by atoms with E-state index >= 15 is 0 Å². The summed E-state index contributed by atoms with van der Waals surface area (Å²) < 4.78 is 0. The molecule has 0 saturated heterocycles. The first-order chi connectivity index (χ1) is 11.8. The van der Waals surface area contributed by atoms with E-state index in [9.17, 15) is 10.2 Å². The van der Waals surface area contributed by atoms with Crippen LogP contribution in [0.2, 0.25) is 0 Å². The molecule has 2 rings (SSSR count). The van der Waals surface area contributed by atoms with E-state index in [1.165, 1.54) is 0 Å². The second-order valence-electron chi connectivity index (χ2n) is 7.64. The zero-order chi connectivity index (χ0) is 18.7. The fourth-order valence-electron chi connectivity index (χ4n) is 3.93. The zero-order valence-corrected chi connectivity index (χ0v) is 16.5. The minimum atomic E-state index is -0.0104. The molecule has 1 atom stereocenters. The molecular weight excluding hydrogens is 308 g/mol. The third kappa shape index (κ3) is 4.18. The first-order valence-corrected chi connectivity index (χ1v) is 9.36. The normalized spacial score (nSPS) is 12.6. The van der Waals surface area contributed by atoms with Gasteiger partial charge in [-0.1, -0.05) is 62.1 Å². The molecule has 25 heavy (non-hydrogen) atoms. The number of phenolic OH excluding ortho intramolecular Hbond substituents is 2.